The Morgan fingerprint density at radius 2 is 1.12 bits per heavy atom. The number of aromatic hydroxyl groups is 1. The van der Waals surface area contributed by atoms with E-state index in [9.17, 15) is 10.2 Å². The van der Waals surface area contributed by atoms with Crippen LogP contribution in [0.2, 0.25) is 0 Å². The summed E-state index contributed by atoms with van der Waals surface area (Å²) >= 11 is 3.44. The fourth-order valence-electron chi connectivity index (χ4n) is 4.96. The molecule has 0 fully saturated rings. The van der Waals surface area contributed by atoms with Crippen molar-refractivity contribution in [3.8, 4) is 28.7 Å². The first-order valence-electron chi connectivity index (χ1n) is 13.6. The predicted octanol–water partition coefficient (Wildman–Crippen LogP) is 10.8. The Kier molecular flexibility index (Phi) is 9.36. The summed E-state index contributed by atoms with van der Waals surface area (Å²) in [5.41, 5.74) is 3.52. The molecule has 6 heteroatoms. The van der Waals surface area contributed by atoms with E-state index in [2.05, 4.69) is 27.3 Å². The lowest BCUT2D eigenvalue weighted by Gasteiger charge is -2.13. The highest BCUT2D eigenvalue weighted by molar-refractivity contribution is 8.31. The van der Waals surface area contributed by atoms with Crippen LogP contribution < -0.4 is 9.47 Å². The van der Waals surface area contributed by atoms with Gasteiger partial charge in [-0.15, -0.1) is 0 Å². The number of aliphatic hydroxyl groups is 1. The van der Waals surface area contributed by atoms with Crippen LogP contribution in [0.3, 0.4) is 0 Å². The Hall–Kier alpha value is -4.70. The number of aryl methyl sites for hydroxylation is 1. The summed E-state index contributed by atoms with van der Waals surface area (Å²) in [4.78, 5) is 0. The fraction of sp³-hybridized carbons (Fsp3) is 0.0270. The average molecular weight is 603 g/mol. The minimum atomic E-state index is 0.106. The molecule has 1 atom stereocenters. The number of rotatable bonds is 7. The first-order chi connectivity index (χ1) is 20.9. The quantitative estimate of drug-likeness (QED) is 0.0736. The third-order valence-corrected chi connectivity index (χ3v) is 6.93. The zero-order chi connectivity index (χ0) is 30.3. The van der Waals surface area contributed by atoms with E-state index in [4.69, 9.17) is 9.47 Å². The highest BCUT2D eigenvalue weighted by atomic mass is 32.7. The Balaban J connectivity index is 0.00000180. The van der Waals surface area contributed by atoms with Gasteiger partial charge in [-0.25, -0.2) is 0 Å². The number of fused-ring (bicyclic) bond motifs is 2. The largest absolute Gasteiger partial charge is 0.508 e. The number of aliphatic hydroxyl groups excluding tert-OH is 1. The van der Waals surface area contributed by atoms with Crippen molar-refractivity contribution in [1.82, 2.24) is 0 Å². The van der Waals surface area contributed by atoms with Gasteiger partial charge in [0.15, 0.2) is 0 Å². The molecular weight excluding hydrogens is 571 g/mol. The van der Waals surface area contributed by atoms with Gasteiger partial charge in [-0.1, -0.05) is 81.2 Å². The molecule has 0 spiro atoms. The Bertz CT molecular complexity index is 1960. The molecular formula is C37H31O4PS. The summed E-state index contributed by atoms with van der Waals surface area (Å²) in [6.45, 7) is 5.79. The van der Waals surface area contributed by atoms with Crippen molar-refractivity contribution in [3.63, 3.8) is 0 Å². The molecule has 214 valence electrons. The second-order valence-corrected chi connectivity index (χ2v) is 9.93. The fourth-order valence-corrected chi connectivity index (χ4v) is 4.96. The average Bonchev–Trinajstić information content (AvgIpc) is 3.02. The van der Waals surface area contributed by atoms with Gasteiger partial charge in [-0.05, 0) is 106 Å². The van der Waals surface area contributed by atoms with Crippen LogP contribution >= 0.6 is 20.7 Å². The Labute approximate surface area is 258 Å². The van der Waals surface area contributed by atoms with Gasteiger partial charge in [-0.3, -0.25) is 0 Å². The Morgan fingerprint density at radius 3 is 1.67 bits per heavy atom. The molecule has 0 amide bonds. The van der Waals surface area contributed by atoms with E-state index in [1.165, 1.54) is 6.08 Å². The van der Waals surface area contributed by atoms with E-state index in [1.54, 1.807) is 12.1 Å². The molecule has 0 saturated heterocycles. The van der Waals surface area contributed by atoms with Gasteiger partial charge in [0.2, 0.25) is 0 Å². The molecule has 2 N–H and O–H groups in total. The first-order valence-corrected chi connectivity index (χ1v) is 15.6. The maximum Gasteiger partial charge on any atom is 0.128 e. The van der Waals surface area contributed by atoms with E-state index in [-0.39, 0.29) is 11.5 Å². The lowest BCUT2D eigenvalue weighted by Crippen LogP contribution is -1.94. The SMILES string of the molecule is C=C/C(O)=C(/c1cccc(C)c1)c1cccc(Oc2ccc3ccc(Oc4ccc5ccc(O)cc5c4)cc3c2)c1.PS. The normalized spacial score (nSPS) is 11.3. The standard InChI is InChI=1S/C37H28O4.H3PS/c1-3-36(39)37(27-7-4-6-24(2)18-27)28-8-5-9-32(20-28)40-34-16-12-26-13-17-35(23-30(26)22-34)41-33-15-11-25-10-14-31(38)19-29(25)21-33;1-2/h3-23,38-39H,1H2,2H3;2H,1H2/b37-36+;. The highest BCUT2D eigenvalue weighted by Crippen LogP contribution is 2.34. The molecule has 0 saturated carbocycles. The number of ether oxygens (including phenoxy) is 2. The molecule has 0 aliphatic heterocycles. The van der Waals surface area contributed by atoms with E-state index in [0.29, 0.717) is 28.6 Å². The topological polar surface area (TPSA) is 58.9 Å². The zero-order valence-electron chi connectivity index (χ0n) is 23.6. The van der Waals surface area contributed by atoms with Crippen molar-refractivity contribution in [2.24, 2.45) is 0 Å². The van der Waals surface area contributed by atoms with Crippen LogP contribution in [0.5, 0.6) is 28.7 Å². The lowest BCUT2D eigenvalue weighted by molar-refractivity contribution is 0.435. The maximum atomic E-state index is 10.7. The van der Waals surface area contributed by atoms with E-state index in [1.807, 2.05) is 116 Å². The van der Waals surface area contributed by atoms with Gasteiger partial charge in [0.25, 0.3) is 0 Å². The molecule has 4 nitrogen and oxygen atoms in total. The van der Waals surface area contributed by atoms with Gasteiger partial charge in [0.05, 0.1) is 0 Å². The molecule has 0 aromatic heterocycles. The number of thiol groups is 1. The summed E-state index contributed by atoms with van der Waals surface area (Å²) in [7, 11) is 2.11. The summed E-state index contributed by atoms with van der Waals surface area (Å²) in [5, 5.41) is 24.5. The molecule has 0 aliphatic carbocycles. The highest BCUT2D eigenvalue weighted by Gasteiger charge is 2.12. The smallest absolute Gasteiger partial charge is 0.128 e. The van der Waals surface area contributed by atoms with E-state index >= 15 is 0 Å². The van der Waals surface area contributed by atoms with Gasteiger partial charge in [-0.2, -0.15) is 12.2 Å². The summed E-state index contributed by atoms with van der Waals surface area (Å²) < 4.78 is 12.4. The van der Waals surface area contributed by atoms with Crippen LogP contribution in [-0.2, 0) is 0 Å². The number of benzene rings is 6. The number of phenols is 1. The van der Waals surface area contributed by atoms with Crippen molar-refractivity contribution in [2.45, 2.75) is 6.92 Å². The van der Waals surface area contributed by atoms with Crippen LogP contribution in [-0.4, -0.2) is 10.2 Å². The van der Waals surface area contributed by atoms with Crippen LogP contribution in [0.25, 0.3) is 27.1 Å². The van der Waals surface area contributed by atoms with E-state index in [0.717, 1.165) is 38.2 Å². The zero-order valence-corrected chi connectivity index (χ0v) is 25.6. The van der Waals surface area contributed by atoms with Crippen molar-refractivity contribution in [3.05, 3.63) is 156 Å². The third kappa shape index (κ3) is 7.03. The maximum absolute atomic E-state index is 10.7. The summed E-state index contributed by atoms with van der Waals surface area (Å²) in [5.74, 6) is 3.04. The van der Waals surface area contributed by atoms with Crippen molar-refractivity contribution >= 4 is 47.8 Å². The van der Waals surface area contributed by atoms with Gasteiger partial charge in [0, 0.05) is 5.57 Å². The van der Waals surface area contributed by atoms with Crippen molar-refractivity contribution in [1.29, 1.82) is 0 Å². The minimum Gasteiger partial charge on any atom is -0.508 e. The van der Waals surface area contributed by atoms with Gasteiger partial charge < -0.3 is 19.7 Å². The molecule has 6 rings (SSSR count). The minimum absolute atomic E-state index is 0.106. The molecule has 0 heterocycles. The molecule has 1 unspecified atom stereocenters. The number of phenolic OH excluding ortho intramolecular Hbond substituents is 1. The number of hydrogen-bond donors (Lipinski definition) is 3. The molecule has 0 aliphatic rings. The summed E-state index contributed by atoms with van der Waals surface area (Å²) in [6.07, 6.45) is 1.45. The first kappa shape index (κ1) is 29.8. The second-order valence-electron chi connectivity index (χ2n) is 9.93. The predicted molar refractivity (Wildman–Crippen MR) is 185 cm³/mol. The number of allylic oxidation sites excluding steroid dienone is 1. The molecule has 0 radical (unpaired) electrons. The van der Waals surface area contributed by atoms with Crippen LogP contribution in [0.15, 0.2) is 140 Å². The monoisotopic (exact) mass is 602 g/mol. The molecule has 0 bridgehead atoms. The van der Waals surface area contributed by atoms with Gasteiger partial charge in [0.1, 0.15) is 34.5 Å². The second kappa shape index (κ2) is 13.5. The van der Waals surface area contributed by atoms with Crippen LogP contribution in [0.4, 0.5) is 0 Å². The molecule has 6 aromatic carbocycles. The molecule has 6 aromatic rings. The van der Waals surface area contributed by atoms with Gasteiger partial charge >= 0.3 is 0 Å². The lowest BCUT2D eigenvalue weighted by atomic mass is 9.95. The Morgan fingerprint density at radius 1 is 0.628 bits per heavy atom. The van der Waals surface area contributed by atoms with E-state index < -0.39 is 0 Å². The summed E-state index contributed by atoms with van der Waals surface area (Å²) in [6, 6.07) is 38.6. The number of hydrogen-bond acceptors (Lipinski definition) is 5. The van der Waals surface area contributed by atoms with Crippen molar-refractivity contribution < 1.29 is 19.7 Å². The van der Waals surface area contributed by atoms with Crippen molar-refractivity contribution in [2.75, 3.05) is 0 Å². The third-order valence-electron chi connectivity index (χ3n) is 6.93. The molecule has 43 heavy (non-hydrogen) atoms. The van der Waals surface area contributed by atoms with Crippen LogP contribution in [0, 0.1) is 6.92 Å². The van der Waals surface area contributed by atoms with Crippen LogP contribution in [0.1, 0.15) is 16.7 Å².